The molecule has 1 aliphatic rings. The highest BCUT2D eigenvalue weighted by molar-refractivity contribution is 7.92. The van der Waals surface area contributed by atoms with E-state index in [9.17, 15) is 13.2 Å². The highest BCUT2D eigenvalue weighted by Crippen LogP contribution is 2.28. The van der Waals surface area contributed by atoms with Gasteiger partial charge in [0.05, 0.1) is 16.6 Å². The molecule has 178 valence electrons. The first-order valence-electron chi connectivity index (χ1n) is 12.0. The van der Waals surface area contributed by atoms with E-state index in [1.54, 1.807) is 42.5 Å². The van der Waals surface area contributed by atoms with E-state index >= 15 is 0 Å². The van der Waals surface area contributed by atoms with Crippen LogP contribution in [-0.2, 0) is 34.1 Å². The second-order valence-corrected chi connectivity index (χ2v) is 10.7. The molecule has 0 bridgehead atoms. The first-order chi connectivity index (χ1) is 16.4. The zero-order chi connectivity index (χ0) is 24.1. The van der Waals surface area contributed by atoms with Crippen molar-refractivity contribution in [3.05, 3.63) is 95.1 Å². The fraction of sp³-hybridized carbons (Fsp3) is 0.321. The summed E-state index contributed by atoms with van der Waals surface area (Å²) >= 11 is 0. The standard InChI is InChI=1S/C28H32N2O3S/c1-3-22-11-9-10-16-27(22)30(34(32,33)26-14-5-4-6-15-26)20-28(31)29-21(2)24-18-17-23-12-7-8-13-25(23)19-24/h4-6,9-11,14-19,21H,3,7-8,12-13,20H2,1-2H3,(H,29,31)/t21-/m1/s1. The molecule has 0 spiro atoms. The minimum atomic E-state index is -3.92. The molecule has 3 aromatic carbocycles. The summed E-state index contributed by atoms with van der Waals surface area (Å²) in [6, 6.07) is 21.8. The Labute approximate surface area is 202 Å². The molecule has 6 heteroatoms. The summed E-state index contributed by atoms with van der Waals surface area (Å²) in [7, 11) is -3.92. The number of carbonyl (C=O) groups excluding carboxylic acids is 1. The number of sulfonamides is 1. The molecule has 1 amide bonds. The molecule has 34 heavy (non-hydrogen) atoms. The minimum absolute atomic E-state index is 0.163. The van der Waals surface area contributed by atoms with Crippen LogP contribution in [-0.4, -0.2) is 20.9 Å². The number of benzene rings is 3. The third kappa shape index (κ3) is 5.17. The van der Waals surface area contributed by atoms with Gasteiger partial charge in [0.1, 0.15) is 6.54 Å². The van der Waals surface area contributed by atoms with Crippen LogP contribution in [0.3, 0.4) is 0 Å². The number of para-hydroxylation sites is 1. The van der Waals surface area contributed by atoms with Crippen LogP contribution in [0.25, 0.3) is 0 Å². The maximum absolute atomic E-state index is 13.6. The number of nitrogens with zero attached hydrogens (tertiary/aromatic N) is 1. The van der Waals surface area contributed by atoms with E-state index in [1.165, 1.54) is 28.3 Å². The molecule has 1 aliphatic carbocycles. The molecule has 0 aromatic heterocycles. The number of hydrogen-bond acceptors (Lipinski definition) is 3. The Bertz CT molecular complexity index is 1260. The number of nitrogens with one attached hydrogen (secondary N) is 1. The van der Waals surface area contributed by atoms with E-state index in [2.05, 4.69) is 23.5 Å². The molecule has 5 nitrogen and oxygen atoms in total. The van der Waals surface area contributed by atoms with Gasteiger partial charge in [0.15, 0.2) is 0 Å². The number of carbonyl (C=O) groups is 1. The van der Waals surface area contributed by atoms with Crippen LogP contribution in [0.1, 0.15) is 55.0 Å². The average molecular weight is 477 g/mol. The Morgan fingerprint density at radius 2 is 1.62 bits per heavy atom. The van der Waals surface area contributed by atoms with Gasteiger partial charge in [0.25, 0.3) is 10.0 Å². The van der Waals surface area contributed by atoms with E-state index in [1.807, 2.05) is 26.0 Å². The lowest BCUT2D eigenvalue weighted by Crippen LogP contribution is -2.42. The maximum Gasteiger partial charge on any atom is 0.264 e. The Hall–Kier alpha value is -3.12. The summed E-state index contributed by atoms with van der Waals surface area (Å²) in [4.78, 5) is 13.3. The molecular formula is C28H32N2O3S. The smallest absolute Gasteiger partial charge is 0.264 e. The van der Waals surface area contributed by atoms with Gasteiger partial charge in [-0.1, -0.05) is 61.5 Å². The first kappa shape index (κ1) is 24.0. The lowest BCUT2D eigenvalue weighted by Gasteiger charge is -2.27. The normalized spacial score (nSPS) is 14.2. The van der Waals surface area contributed by atoms with Crippen molar-refractivity contribution in [2.75, 3.05) is 10.8 Å². The topological polar surface area (TPSA) is 66.5 Å². The van der Waals surface area contributed by atoms with E-state index in [0.717, 1.165) is 24.0 Å². The van der Waals surface area contributed by atoms with Crippen molar-refractivity contribution >= 4 is 21.6 Å². The van der Waals surface area contributed by atoms with Gasteiger partial charge in [-0.05, 0) is 79.5 Å². The van der Waals surface area contributed by atoms with Gasteiger partial charge in [-0.2, -0.15) is 0 Å². The molecule has 1 atom stereocenters. The third-order valence-electron chi connectivity index (χ3n) is 6.51. The highest BCUT2D eigenvalue weighted by atomic mass is 32.2. The Kier molecular flexibility index (Phi) is 7.37. The molecule has 1 N–H and O–H groups in total. The second kappa shape index (κ2) is 10.4. The van der Waals surface area contributed by atoms with Crippen molar-refractivity contribution in [3.8, 4) is 0 Å². The van der Waals surface area contributed by atoms with E-state index in [0.29, 0.717) is 12.1 Å². The maximum atomic E-state index is 13.6. The van der Waals surface area contributed by atoms with Gasteiger partial charge >= 0.3 is 0 Å². The Morgan fingerprint density at radius 1 is 0.941 bits per heavy atom. The zero-order valence-corrected chi connectivity index (χ0v) is 20.6. The van der Waals surface area contributed by atoms with Crippen molar-refractivity contribution < 1.29 is 13.2 Å². The van der Waals surface area contributed by atoms with Crippen LogP contribution in [0.4, 0.5) is 5.69 Å². The molecule has 0 saturated heterocycles. The van der Waals surface area contributed by atoms with Crippen LogP contribution in [0.5, 0.6) is 0 Å². The molecule has 0 aliphatic heterocycles. The fourth-order valence-electron chi connectivity index (χ4n) is 4.60. The summed E-state index contributed by atoms with van der Waals surface area (Å²) in [5, 5.41) is 3.02. The monoisotopic (exact) mass is 476 g/mol. The van der Waals surface area contributed by atoms with E-state index in [-0.39, 0.29) is 23.4 Å². The van der Waals surface area contributed by atoms with Crippen LogP contribution in [0.15, 0.2) is 77.7 Å². The molecule has 0 radical (unpaired) electrons. The number of amides is 1. The predicted molar refractivity (Wildman–Crippen MR) is 136 cm³/mol. The van der Waals surface area contributed by atoms with Crippen LogP contribution >= 0.6 is 0 Å². The summed E-state index contributed by atoms with van der Waals surface area (Å²) in [6.45, 7) is 3.63. The SMILES string of the molecule is CCc1ccccc1N(CC(=O)N[C@H](C)c1ccc2c(c1)CCCC2)S(=O)(=O)c1ccccc1. The number of aryl methyl sites for hydroxylation is 3. The van der Waals surface area contributed by atoms with Crippen LogP contribution in [0.2, 0.25) is 0 Å². The van der Waals surface area contributed by atoms with Gasteiger partial charge in [-0.25, -0.2) is 8.42 Å². The van der Waals surface area contributed by atoms with E-state index < -0.39 is 10.0 Å². The predicted octanol–water partition coefficient (Wildman–Crippen LogP) is 5.20. The zero-order valence-electron chi connectivity index (χ0n) is 19.8. The molecule has 4 rings (SSSR count). The Balaban J connectivity index is 1.59. The lowest BCUT2D eigenvalue weighted by molar-refractivity contribution is -0.120. The lowest BCUT2D eigenvalue weighted by atomic mass is 9.89. The summed E-state index contributed by atoms with van der Waals surface area (Å²) in [5.74, 6) is -0.337. The van der Waals surface area contributed by atoms with Crippen molar-refractivity contribution in [2.45, 2.75) is 56.9 Å². The molecule has 3 aromatic rings. The minimum Gasteiger partial charge on any atom is -0.348 e. The number of rotatable bonds is 8. The number of fused-ring (bicyclic) bond motifs is 1. The molecule has 0 unspecified atom stereocenters. The van der Waals surface area contributed by atoms with Crippen molar-refractivity contribution in [2.24, 2.45) is 0 Å². The fourth-order valence-corrected chi connectivity index (χ4v) is 6.08. The summed E-state index contributed by atoms with van der Waals surface area (Å²) in [6.07, 6.45) is 5.26. The number of hydrogen-bond donors (Lipinski definition) is 1. The molecule has 0 saturated carbocycles. The van der Waals surface area contributed by atoms with Crippen LogP contribution in [0, 0.1) is 0 Å². The summed E-state index contributed by atoms with van der Waals surface area (Å²) < 4.78 is 28.4. The molecule has 0 heterocycles. The third-order valence-corrected chi connectivity index (χ3v) is 8.28. The first-order valence-corrected chi connectivity index (χ1v) is 13.4. The van der Waals surface area contributed by atoms with Gasteiger partial charge < -0.3 is 5.32 Å². The Morgan fingerprint density at radius 3 is 2.35 bits per heavy atom. The van der Waals surface area contributed by atoms with E-state index in [4.69, 9.17) is 0 Å². The van der Waals surface area contributed by atoms with Crippen molar-refractivity contribution in [1.82, 2.24) is 5.32 Å². The summed E-state index contributed by atoms with van der Waals surface area (Å²) in [5.41, 5.74) is 5.20. The average Bonchev–Trinajstić information content (AvgIpc) is 2.87. The largest absolute Gasteiger partial charge is 0.348 e. The van der Waals surface area contributed by atoms with Crippen molar-refractivity contribution in [1.29, 1.82) is 0 Å². The highest BCUT2D eigenvalue weighted by Gasteiger charge is 2.29. The number of anilines is 1. The van der Waals surface area contributed by atoms with Gasteiger partial charge in [0.2, 0.25) is 5.91 Å². The van der Waals surface area contributed by atoms with Gasteiger partial charge in [-0.15, -0.1) is 0 Å². The van der Waals surface area contributed by atoms with Gasteiger partial charge in [-0.3, -0.25) is 9.10 Å². The molecule has 0 fully saturated rings. The quantitative estimate of drug-likeness (QED) is 0.486. The molecular weight excluding hydrogens is 444 g/mol. The van der Waals surface area contributed by atoms with Gasteiger partial charge in [0, 0.05) is 0 Å². The van der Waals surface area contributed by atoms with Crippen molar-refractivity contribution in [3.63, 3.8) is 0 Å². The second-order valence-electron chi connectivity index (χ2n) is 8.83. The van der Waals surface area contributed by atoms with Crippen LogP contribution < -0.4 is 9.62 Å².